The number of carboxylic acid groups (broad SMARTS) is 1. The summed E-state index contributed by atoms with van der Waals surface area (Å²) in [6, 6.07) is 7.68. The second-order valence-electron chi connectivity index (χ2n) is 6.19. The van der Waals surface area contributed by atoms with E-state index >= 15 is 0 Å². The minimum Gasteiger partial charge on any atom is -0.481 e. The highest BCUT2D eigenvalue weighted by atomic mass is 32.1. The molecule has 2 aromatic rings. The molecule has 1 aromatic carbocycles. The smallest absolute Gasteiger partial charge is 0.306 e. The topological polar surface area (TPSA) is 103 Å². The van der Waals surface area contributed by atoms with E-state index in [4.69, 9.17) is 5.11 Å². The lowest BCUT2D eigenvalue weighted by Crippen LogP contribution is -2.29. The summed E-state index contributed by atoms with van der Waals surface area (Å²) in [5, 5.41) is 21.4. The molecular formula is C18H16FN3O3S. The normalized spacial score (nSPS) is 19.5. The number of nitrogens with one attached hydrogen (secondary N) is 1. The fraction of sp³-hybridized carbons (Fsp3) is 0.333. The lowest BCUT2D eigenvalue weighted by atomic mass is 9.81. The number of halogens is 1. The quantitative estimate of drug-likeness (QED) is 0.851. The zero-order chi connectivity index (χ0) is 18.7. The van der Waals surface area contributed by atoms with Crippen molar-refractivity contribution in [2.75, 3.05) is 5.32 Å². The van der Waals surface area contributed by atoms with Crippen LogP contribution in [0.4, 0.5) is 9.52 Å². The molecule has 1 aliphatic rings. The summed E-state index contributed by atoms with van der Waals surface area (Å²) in [7, 11) is 0. The van der Waals surface area contributed by atoms with Crippen molar-refractivity contribution in [1.82, 2.24) is 4.98 Å². The molecule has 0 saturated heterocycles. The van der Waals surface area contributed by atoms with Gasteiger partial charge >= 0.3 is 5.97 Å². The number of hydrogen-bond acceptors (Lipinski definition) is 5. The molecule has 1 aliphatic carbocycles. The van der Waals surface area contributed by atoms with Gasteiger partial charge in [-0.1, -0.05) is 11.3 Å². The number of hydrogen-bond donors (Lipinski definition) is 2. The molecule has 2 N–H and O–H groups in total. The van der Waals surface area contributed by atoms with Crippen LogP contribution in [0.5, 0.6) is 0 Å². The number of anilines is 1. The largest absolute Gasteiger partial charge is 0.481 e. The Morgan fingerprint density at radius 3 is 2.38 bits per heavy atom. The number of amides is 1. The van der Waals surface area contributed by atoms with Crippen molar-refractivity contribution in [1.29, 1.82) is 5.26 Å². The fourth-order valence-corrected chi connectivity index (χ4v) is 3.85. The third kappa shape index (κ3) is 3.89. The van der Waals surface area contributed by atoms with Crippen LogP contribution in [0.1, 0.15) is 30.6 Å². The summed E-state index contributed by atoms with van der Waals surface area (Å²) in [6.45, 7) is 0. The minimum atomic E-state index is -0.814. The van der Waals surface area contributed by atoms with Crippen LogP contribution in [0.2, 0.25) is 0 Å². The van der Waals surface area contributed by atoms with Gasteiger partial charge in [0.1, 0.15) is 22.5 Å². The van der Waals surface area contributed by atoms with Gasteiger partial charge in [0.05, 0.1) is 5.92 Å². The number of nitriles is 1. The van der Waals surface area contributed by atoms with Crippen LogP contribution in [0.15, 0.2) is 24.3 Å². The molecule has 3 rings (SSSR count). The van der Waals surface area contributed by atoms with Gasteiger partial charge < -0.3 is 10.4 Å². The third-order valence-corrected chi connectivity index (χ3v) is 5.40. The summed E-state index contributed by atoms with van der Waals surface area (Å²) in [6.07, 6.45) is 2.00. The van der Waals surface area contributed by atoms with E-state index in [9.17, 15) is 19.2 Å². The van der Waals surface area contributed by atoms with Gasteiger partial charge in [-0.15, -0.1) is 0 Å². The second-order valence-corrected chi connectivity index (χ2v) is 7.19. The van der Waals surface area contributed by atoms with Crippen LogP contribution in [0.25, 0.3) is 11.3 Å². The lowest BCUT2D eigenvalue weighted by molar-refractivity contribution is -0.143. The van der Waals surface area contributed by atoms with Crippen molar-refractivity contribution in [3.05, 3.63) is 35.0 Å². The third-order valence-electron chi connectivity index (χ3n) is 4.52. The van der Waals surface area contributed by atoms with Crippen molar-refractivity contribution in [3.8, 4) is 17.3 Å². The molecule has 1 amide bonds. The Morgan fingerprint density at radius 1 is 1.19 bits per heavy atom. The van der Waals surface area contributed by atoms with E-state index < -0.39 is 5.97 Å². The van der Waals surface area contributed by atoms with Crippen LogP contribution in [-0.2, 0) is 9.59 Å². The van der Waals surface area contributed by atoms with Crippen LogP contribution >= 0.6 is 11.3 Å². The molecule has 1 fully saturated rings. The summed E-state index contributed by atoms with van der Waals surface area (Å²) in [5.41, 5.74) is 1.00. The van der Waals surface area contributed by atoms with Gasteiger partial charge in [0.2, 0.25) is 5.91 Å². The Morgan fingerprint density at radius 2 is 1.81 bits per heavy atom. The van der Waals surface area contributed by atoms with E-state index in [1.807, 2.05) is 6.07 Å². The number of thiazole rings is 1. The molecule has 6 nitrogen and oxygen atoms in total. The van der Waals surface area contributed by atoms with Gasteiger partial charge in [0.15, 0.2) is 5.13 Å². The molecule has 1 heterocycles. The fourth-order valence-electron chi connectivity index (χ4n) is 3.06. The number of aromatic nitrogens is 1. The van der Waals surface area contributed by atoms with Gasteiger partial charge in [0, 0.05) is 11.5 Å². The molecule has 0 spiro atoms. The predicted octanol–water partition coefficient (Wildman–Crippen LogP) is 3.65. The first-order chi connectivity index (χ1) is 12.5. The Kier molecular flexibility index (Phi) is 5.28. The molecule has 0 radical (unpaired) electrons. The molecular weight excluding hydrogens is 357 g/mol. The Bertz CT molecular complexity index is 865. The van der Waals surface area contributed by atoms with Gasteiger partial charge in [-0.2, -0.15) is 5.26 Å². The monoisotopic (exact) mass is 373 g/mol. The predicted molar refractivity (Wildman–Crippen MR) is 93.9 cm³/mol. The van der Waals surface area contributed by atoms with E-state index in [2.05, 4.69) is 10.3 Å². The Labute approximate surface area is 153 Å². The number of aliphatic carboxylic acids is 1. The molecule has 8 heteroatoms. The van der Waals surface area contributed by atoms with Crippen LogP contribution < -0.4 is 5.32 Å². The van der Waals surface area contributed by atoms with Crippen LogP contribution in [-0.4, -0.2) is 22.0 Å². The molecule has 26 heavy (non-hydrogen) atoms. The number of carboxylic acids is 1. The highest BCUT2D eigenvalue weighted by molar-refractivity contribution is 7.16. The first-order valence-corrected chi connectivity index (χ1v) is 9.00. The molecule has 134 valence electrons. The standard InChI is InChI=1S/C18H16FN3O3S/c19-13-7-5-10(6-8-13)15-14(9-20)26-18(21-15)22-16(23)11-1-3-12(4-2-11)17(24)25/h5-8,11-12H,1-4H2,(H,24,25)(H,21,22,23)/t11-,12+. The maximum atomic E-state index is 13.1. The van der Waals surface area contributed by atoms with Crippen LogP contribution in [0.3, 0.4) is 0 Å². The highest BCUT2D eigenvalue weighted by Crippen LogP contribution is 2.33. The van der Waals surface area contributed by atoms with Gasteiger partial charge in [-0.25, -0.2) is 9.37 Å². The Hall–Kier alpha value is -2.79. The summed E-state index contributed by atoms with van der Waals surface area (Å²) in [4.78, 5) is 28.0. The molecule has 1 aromatic heterocycles. The molecule has 1 saturated carbocycles. The summed E-state index contributed by atoms with van der Waals surface area (Å²) < 4.78 is 13.1. The number of carbonyl (C=O) groups is 2. The van der Waals surface area contributed by atoms with Gasteiger partial charge in [-0.05, 0) is 49.9 Å². The number of carbonyl (C=O) groups excluding carboxylic acids is 1. The molecule has 0 aliphatic heterocycles. The molecule has 0 bridgehead atoms. The van der Waals surface area contributed by atoms with Gasteiger partial charge in [-0.3, -0.25) is 9.59 Å². The Balaban J connectivity index is 1.71. The van der Waals surface area contributed by atoms with E-state index in [0.29, 0.717) is 46.9 Å². The summed E-state index contributed by atoms with van der Waals surface area (Å²) in [5.74, 6) is -2.04. The zero-order valence-corrected chi connectivity index (χ0v) is 14.6. The highest BCUT2D eigenvalue weighted by Gasteiger charge is 2.30. The molecule has 0 atom stereocenters. The van der Waals surface area contributed by atoms with E-state index in [0.717, 1.165) is 11.3 Å². The maximum absolute atomic E-state index is 13.1. The average molecular weight is 373 g/mol. The summed E-state index contributed by atoms with van der Waals surface area (Å²) >= 11 is 1.06. The zero-order valence-electron chi connectivity index (χ0n) is 13.7. The number of rotatable bonds is 4. The van der Waals surface area contributed by atoms with E-state index in [1.165, 1.54) is 24.3 Å². The van der Waals surface area contributed by atoms with E-state index in [1.54, 1.807) is 0 Å². The van der Waals surface area contributed by atoms with Crippen molar-refractivity contribution < 1.29 is 19.1 Å². The first kappa shape index (κ1) is 18.0. The first-order valence-electron chi connectivity index (χ1n) is 8.18. The van der Waals surface area contributed by atoms with E-state index in [-0.39, 0.29) is 23.6 Å². The number of nitrogens with zero attached hydrogens (tertiary/aromatic N) is 2. The van der Waals surface area contributed by atoms with Crippen molar-refractivity contribution in [3.63, 3.8) is 0 Å². The van der Waals surface area contributed by atoms with Crippen LogP contribution in [0, 0.1) is 29.0 Å². The average Bonchev–Trinajstić information content (AvgIpc) is 3.05. The minimum absolute atomic E-state index is 0.210. The SMILES string of the molecule is N#Cc1sc(NC(=O)[C@H]2CC[C@@H](C(=O)O)CC2)nc1-c1ccc(F)cc1. The maximum Gasteiger partial charge on any atom is 0.306 e. The second kappa shape index (κ2) is 7.62. The van der Waals surface area contributed by atoms with Crippen molar-refractivity contribution >= 4 is 28.3 Å². The number of benzene rings is 1. The van der Waals surface area contributed by atoms with Gasteiger partial charge in [0.25, 0.3) is 0 Å². The van der Waals surface area contributed by atoms with Crippen molar-refractivity contribution in [2.24, 2.45) is 11.8 Å². The van der Waals surface area contributed by atoms with Crippen molar-refractivity contribution in [2.45, 2.75) is 25.7 Å². The lowest BCUT2D eigenvalue weighted by Gasteiger charge is -2.24. The molecule has 0 unspecified atom stereocenters.